The molecule has 3 aromatic rings. The van der Waals surface area contributed by atoms with Gasteiger partial charge in [-0.25, -0.2) is 15.0 Å². The van der Waals surface area contributed by atoms with Crippen LogP contribution < -0.4 is 15.5 Å². The monoisotopic (exact) mass is 541 g/mol. The van der Waals surface area contributed by atoms with Gasteiger partial charge in [0.1, 0.15) is 10.8 Å². The summed E-state index contributed by atoms with van der Waals surface area (Å²) in [6.45, 7) is 3.63. The van der Waals surface area contributed by atoms with Crippen molar-refractivity contribution in [2.45, 2.75) is 41.3 Å². The number of morpholine rings is 1. The Morgan fingerprint density at radius 3 is 2.53 bits per heavy atom. The van der Waals surface area contributed by atoms with E-state index in [0.717, 1.165) is 48.3 Å². The van der Waals surface area contributed by atoms with Crippen LogP contribution in [0.15, 0.2) is 59.0 Å². The number of rotatable bonds is 7. The molecule has 188 valence electrons. The van der Waals surface area contributed by atoms with Crippen molar-refractivity contribution < 1.29 is 4.74 Å². The van der Waals surface area contributed by atoms with Crippen LogP contribution in [-0.4, -0.2) is 57.9 Å². The molecule has 0 amide bonds. The number of aromatic nitrogens is 4. The van der Waals surface area contributed by atoms with Crippen molar-refractivity contribution in [3.05, 3.63) is 59.4 Å². The lowest BCUT2D eigenvalue weighted by molar-refractivity contribution is 0.122. The average Bonchev–Trinajstić information content (AvgIpc) is 3.39. The van der Waals surface area contributed by atoms with Gasteiger partial charge in [0.05, 0.1) is 13.2 Å². The molecule has 1 aliphatic heterocycles. The van der Waals surface area contributed by atoms with Gasteiger partial charge in [-0.3, -0.25) is 0 Å². The highest BCUT2D eigenvalue weighted by atomic mass is 35.5. The zero-order chi connectivity index (χ0) is 24.8. The molecular formula is C25H28ClN7OS2. The number of hydrogen-bond acceptors (Lipinski definition) is 8. The molecule has 5 rings (SSSR count). The summed E-state index contributed by atoms with van der Waals surface area (Å²) in [6.07, 6.45) is 8.08. The maximum Gasteiger partial charge on any atom is 0.232 e. The first-order chi connectivity index (χ1) is 17.6. The molecule has 0 spiro atoms. The third-order valence-electron chi connectivity index (χ3n) is 6.59. The van der Waals surface area contributed by atoms with Crippen molar-refractivity contribution in [2.24, 2.45) is 0 Å². The molecule has 1 aliphatic carbocycles. The summed E-state index contributed by atoms with van der Waals surface area (Å²) in [6, 6.07) is 12.0. The standard InChI is InChI=1S/C25H28ClN7OS2/c26-19-6-4-18(5-7-19)25(8-1-2-9-25)17-29-23(35)32-22-30-20(33-12-14-34-15-13-33)16-21(31-22)36-24-27-10-3-11-28-24/h3-7,10-11,16H,1-2,8-9,12-15,17H2,(H2,29,30,31,32,35). The Bertz CT molecular complexity index is 1170. The van der Waals surface area contributed by atoms with Gasteiger partial charge >= 0.3 is 0 Å². The van der Waals surface area contributed by atoms with Crippen molar-refractivity contribution in [3.8, 4) is 0 Å². The lowest BCUT2D eigenvalue weighted by atomic mass is 9.79. The van der Waals surface area contributed by atoms with Crippen LogP contribution in [0.5, 0.6) is 0 Å². The topological polar surface area (TPSA) is 88.1 Å². The quantitative estimate of drug-likeness (QED) is 0.249. The number of thiocarbonyl (C=S) groups is 1. The number of anilines is 2. The van der Waals surface area contributed by atoms with Gasteiger partial charge in [-0.2, -0.15) is 4.98 Å². The third-order valence-corrected chi connectivity index (χ3v) is 7.90. The minimum atomic E-state index is 0.0402. The summed E-state index contributed by atoms with van der Waals surface area (Å²) in [5.41, 5.74) is 1.34. The van der Waals surface area contributed by atoms with E-state index < -0.39 is 0 Å². The first-order valence-electron chi connectivity index (χ1n) is 12.1. The van der Waals surface area contributed by atoms with Gasteiger partial charge in [-0.05, 0) is 60.6 Å². The Morgan fingerprint density at radius 2 is 1.81 bits per heavy atom. The molecule has 8 nitrogen and oxygen atoms in total. The van der Waals surface area contributed by atoms with Crippen molar-refractivity contribution in [1.29, 1.82) is 0 Å². The molecule has 36 heavy (non-hydrogen) atoms. The molecular weight excluding hydrogens is 514 g/mol. The number of benzene rings is 1. The molecule has 0 atom stereocenters. The Labute approximate surface area is 225 Å². The molecule has 2 aromatic heterocycles. The fraction of sp³-hybridized carbons (Fsp3) is 0.400. The van der Waals surface area contributed by atoms with E-state index in [1.807, 2.05) is 18.2 Å². The molecule has 0 unspecified atom stereocenters. The first kappa shape index (κ1) is 25.1. The van der Waals surface area contributed by atoms with Crippen LogP contribution >= 0.6 is 35.6 Å². The number of hydrogen-bond donors (Lipinski definition) is 2. The molecule has 3 heterocycles. The van der Waals surface area contributed by atoms with Crippen molar-refractivity contribution >= 4 is 52.5 Å². The van der Waals surface area contributed by atoms with Crippen molar-refractivity contribution in [1.82, 2.24) is 25.3 Å². The highest BCUT2D eigenvalue weighted by Gasteiger charge is 2.35. The average molecular weight is 542 g/mol. The Hall–Kier alpha value is -2.53. The molecule has 2 fully saturated rings. The number of ether oxygens (including phenoxy) is 1. The summed E-state index contributed by atoms with van der Waals surface area (Å²) >= 11 is 13.2. The van der Waals surface area contributed by atoms with E-state index in [9.17, 15) is 0 Å². The SMILES string of the molecule is S=C(NCC1(c2ccc(Cl)cc2)CCCC1)Nc1nc(Sc2ncccn2)cc(N2CCOCC2)n1. The van der Waals surface area contributed by atoms with E-state index in [2.05, 4.69) is 42.6 Å². The second-order valence-corrected chi connectivity index (χ2v) is 10.8. The summed E-state index contributed by atoms with van der Waals surface area (Å²) in [4.78, 5) is 20.3. The molecule has 11 heteroatoms. The van der Waals surface area contributed by atoms with E-state index >= 15 is 0 Å². The number of halogens is 1. The fourth-order valence-corrected chi connectivity index (χ4v) is 5.73. The van der Waals surface area contributed by atoms with Gasteiger partial charge in [0.15, 0.2) is 10.3 Å². The first-order valence-corrected chi connectivity index (χ1v) is 13.7. The summed E-state index contributed by atoms with van der Waals surface area (Å²) in [5, 5.41) is 9.28. The molecule has 2 aliphatic rings. The van der Waals surface area contributed by atoms with Crippen LogP contribution in [-0.2, 0) is 10.2 Å². The molecule has 2 N–H and O–H groups in total. The van der Waals surface area contributed by atoms with E-state index in [-0.39, 0.29) is 5.41 Å². The van der Waals surface area contributed by atoms with Gasteiger partial charge < -0.3 is 20.3 Å². The summed E-state index contributed by atoms with van der Waals surface area (Å²) in [5.74, 6) is 1.27. The largest absolute Gasteiger partial charge is 0.378 e. The fourth-order valence-electron chi connectivity index (χ4n) is 4.73. The zero-order valence-electron chi connectivity index (χ0n) is 19.8. The van der Waals surface area contributed by atoms with E-state index in [0.29, 0.717) is 29.4 Å². The van der Waals surface area contributed by atoms with Crippen LogP contribution in [0.4, 0.5) is 11.8 Å². The minimum Gasteiger partial charge on any atom is -0.378 e. The Morgan fingerprint density at radius 1 is 1.08 bits per heavy atom. The van der Waals surface area contributed by atoms with Crippen LogP contribution in [0.25, 0.3) is 0 Å². The lowest BCUT2D eigenvalue weighted by Gasteiger charge is -2.31. The van der Waals surface area contributed by atoms with Crippen molar-refractivity contribution in [3.63, 3.8) is 0 Å². The smallest absolute Gasteiger partial charge is 0.232 e. The second kappa shape index (κ2) is 11.7. The minimum absolute atomic E-state index is 0.0402. The van der Waals surface area contributed by atoms with E-state index in [4.69, 9.17) is 33.5 Å². The molecule has 1 saturated heterocycles. The predicted octanol–water partition coefficient (Wildman–Crippen LogP) is 4.71. The van der Waals surface area contributed by atoms with Gasteiger partial charge in [0.2, 0.25) is 5.95 Å². The van der Waals surface area contributed by atoms with Crippen LogP contribution in [0.3, 0.4) is 0 Å². The van der Waals surface area contributed by atoms with Crippen molar-refractivity contribution in [2.75, 3.05) is 43.1 Å². The Kier molecular flexibility index (Phi) is 8.15. The maximum atomic E-state index is 6.13. The van der Waals surface area contributed by atoms with Crippen LogP contribution in [0, 0.1) is 0 Å². The maximum absolute atomic E-state index is 6.13. The molecule has 1 aromatic carbocycles. The Balaban J connectivity index is 1.31. The summed E-state index contributed by atoms with van der Waals surface area (Å²) in [7, 11) is 0. The molecule has 0 bridgehead atoms. The zero-order valence-corrected chi connectivity index (χ0v) is 22.2. The number of nitrogens with one attached hydrogen (secondary N) is 2. The van der Waals surface area contributed by atoms with Gasteiger partial charge in [0.25, 0.3) is 0 Å². The normalized spacial score (nSPS) is 17.1. The molecule has 0 radical (unpaired) electrons. The lowest BCUT2D eigenvalue weighted by Crippen LogP contribution is -2.41. The highest BCUT2D eigenvalue weighted by molar-refractivity contribution is 7.99. The second-order valence-electron chi connectivity index (χ2n) is 8.92. The van der Waals surface area contributed by atoms with Crippen LogP contribution in [0.1, 0.15) is 31.2 Å². The van der Waals surface area contributed by atoms with E-state index in [1.54, 1.807) is 18.5 Å². The summed E-state index contributed by atoms with van der Waals surface area (Å²) < 4.78 is 5.51. The van der Waals surface area contributed by atoms with Gasteiger partial charge in [0, 0.05) is 48.5 Å². The van der Waals surface area contributed by atoms with Gasteiger partial charge in [-0.1, -0.05) is 36.6 Å². The predicted molar refractivity (Wildman–Crippen MR) is 147 cm³/mol. The highest BCUT2D eigenvalue weighted by Crippen LogP contribution is 2.41. The van der Waals surface area contributed by atoms with Crippen LogP contribution in [0.2, 0.25) is 5.02 Å². The number of nitrogens with zero attached hydrogens (tertiary/aromatic N) is 5. The third kappa shape index (κ3) is 6.23. The molecule has 1 saturated carbocycles. The van der Waals surface area contributed by atoms with E-state index in [1.165, 1.54) is 30.2 Å². The van der Waals surface area contributed by atoms with Gasteiger partial charge in [-0.15, -0.1) is 0 Å².